The number of aromatic amines is 2. The van der Waals surface area contributed by atoms with Gasteiger partial charge in [0, 0.05) is 11.0 Å². The van der Waals surface area contributed by atoms with E-state index in [1.54, 1.807) is 25.1 Å². The molecule has 5 rings (SSSR count). The molecule has 0 spiro atoms. The molecule has 0 saturated heterocycles. The van der Waals surface area contributed by atoms with Crippen LogP contribution in [0.5, 0.6) is 5.88 Å². The van der Waals surface area contributed by atoms with Gasteiger partial charge in [-0.15, -0.1) is 0 Å². The Balaban J connectivity index is 1.63. The summed E-state index contributed by atoms with van der Waals surface area (Å²) in [4.78, 5) is 8.31. The second-order valence-corrected chi connectivity index (χ2v) is 9.39. The van der Waals surface area contributed by atoms with Crippen molar-refractivity contribution >= 4 is 39.0 Å². The zero-order valence-corrected chi connectivity index (χ0v) is 20.6. The third kappa shape index (κ3) is 5.57. The minimum atomic E-state index is -5.08. The largest absolute Gasteiger partial charge is 0.492 e. The smallest absolute Gasteiger partial charge is 0.417 e. The molecule has 0 aliphatic rings. The molecular weight excluding hydrogens is 548 g/mol. The molecule has 0 bridgehead atoms. The van der Waals surface area contributed by atoms with Crippen LogP contribution in [0, 0.1) is 6.92 Å². The number of anilines is 1. The van der Waals surface area contributed by atoms with E-state index in [-0.39, 0.29) is 28.2 Å². The van der Waals surface area contributed by atoms with Crippen LogP contribution in [0.15, 0.2) is 42.6 Å². The maximum atomic E-state index is 13.9. The number of H-pyrrole nitrogens is 2. The molecule has 0 aliphatic heterocycles. The molecule has 0 saturated carbocycles. The first kappa shape index (κ1) is 26.2. The van der Waals surface area contributed by atoms with E-state index in [1.807, 2.05) is 0 Å². The van der Waals surface area contributed by atoms with Crippen LogP contribution in [0.25, 0.3) is 22.6 Å². The van der Waals surface area contributed by atoms with Gasteiger partial charge in [0.25, 0.3) is 0 Å². The quantitative estimate of drug-likeness (QED) is 0.140. The van der Waals surface area contributed by atoms with Gasteiger partial charge in [-0.25, -0.2) is 4.98 Å². The highest BCUT2D eigenvalue weighted by molar-refractivity contribution is 7.17. The first-order chi connectivity index (χ1) is 18.4. The Kier molecular flexibility index (Phi) is 6.54. The van der Waals surface area contributed by atoms with Gasteiger partial charge >= 0.3 is 12.4 Å². The highest BCUT2D eigenvalue weighted by atomic mass is 32.1. The Bertz CT molecular complexity index is 1680. The van der Waals surface area contributed by atoms with Crippen molar-refractivity contribution in [2.24, 2.45) is 0 Å². The first-order valence-electron chi connectivity index (χ1n) is 11.1. The number of aryl methyl sites for hydroxylation is 1. The molecule has 39 heavy (non-hydrogen) atoms. The number of fused-ring (bicyclic) bond motifs is 1. The van der Waals surface area contributed by atoms with Crippen molar-refractivity contribution in [3.8, 4) is 5.88 Å². The normalized spacial score (nSPS) is 12.8. The summed E-state index contributed by atoms with van der Waals surface area (Å²) in [5.74, 6) is 0.531. The molecule has 0 radical (unpaired) electrons. The Labute approximate surface area is 219 Å². The summed E-state index contributed by atoms with van der Waals surface area (Å²) >= 11 is 0.945. The average molecular weight is 566 g/mol. The van der Waals surface area contributed by atoms with Crippen LogP contribution >= 0.6 is 11.3 Å². The zero-order valence-electron chi connectivity index (χ0n) is 19.7. The number of hydrogen-bond acceptors (Lipinski definition) is 7. The van der Waals surface area contributed by atoms with Gasteiger partial charge < -0.3 is 10.4 Å². The lowest BCUT2D eigenvalue weighted by Crippen LogP contribution is -2.12. The molecule has 0 fully saturated rings. The van der Waals surface area contributed by atoms with Crippen molar-refractivity contribution in [1.82, 2.24) is 30.4 Å². The van der Waals surface area contributed by atoms with E-state index < -0.39 is 34.9 Å². The van der Waals surface area contributed by atoms with Crippen molar-refractivity contribution < 1.29 is 31.4 Å². The van der Waals surface area contributed by atoms with Crippen LogP contribution in [0.2, 0.25) is 0 Å². The summed E-state index contributed by atoms with van der Waals surface area (Å²) in [7, 11) is 0. The lowest BCUT2D eigenvalue weighted by molar-refractivity contribution is -0.143. The van der Waals surface area contributed by atoms with Gasteiger partial charge in [0.15, 0.2) is 11.0 Å². The SMILES string of the molecule is Cc1nc(CNc2nc(O)c(C(=Cc3ccc(C(F)(F)F)cc3C(F)(F)F)c3ccc4[nH]ncc4c3)s2)n[nH]1. The molecule has 202 valence electrons. The van der Waals surface area contributed by atoms with Crippen LogP contribution in [-0.2, 0) is 18.9 Å². The van der Waals surface area contributed by atoms with Crippen molar-refractivity contribution in [2.75, 3.05) is 5.32 Å². The van der Waals surface area contributed by atoms with Crippen LogP contribution < -0.4 is 5.32 Å². The van der Waals surface area contributed by atoms with Gasteiger partial charge in [-0.05, 0) is 48.4 Å². The van der Waals surface area contributed by atoms with Gasteiger partial charge in [0.1, 0.15) is 10.7 Å². The number of aromatic hydroxyl groups is 1. The second kappa shape index (κ2) is 9.72. The van der Waals surface area contributed by atoms with E-state index >= 15 is 0 Å². The van der Waals surface area contributed by atoms with Crippen molar-refractivity contribution in [3.05, 3.63) is 81.4 Å². The molecule has 4 N–H and O–H groups in total. The maximum Gasteiger partial charge on any atom is 0.417 e. The molecule has 0 atom stereocenters. The van der Waals surface area contributed by atoms with Gasteiger partial charge in [-0.3, -0.25) is 10.2 Å². The van der Waals surface area contributed by atoms with Crippen LogP contribution in [0.4, 0.5) is 31.5 Å². The number of halogens is 6. The highest BCUT2D eigenvalue weighted by Gasteiger charge is 2.38. The molecule has 0 aliphatic carbocycles. The summed E-state index contributed by atoms with van der Waals surface area (Å²) < 4.78 is 81.3. The number of nitrogens with zero attached hydrogens (tertiary/aromatic N) is 4. The van der Waals surface area contributed by atoms with Crippen molar-refractivity contribution in [1.29, 1.82) is 0 Å². The number of alkyl halides is 6. The molecule has 2 aromatic carbocycles. The third-order valence-corrected chi connectivity index (χ3v) is 6.67. The topological polar surface area (TPSA) is 115 Å². The molecule has 5 aromatic rings. The molecule has 8 nitrogen and oxygen atoms in total. The fourth-order valence-corrected chi connectivity index (χ4v) is 4.73. The molecule has 3 heterocycles. The summed E-state index contributed by atoms with van der Waals surface area (Å²) in [6.45, 7) is 1.86. The number of thiazole rings is 1. The fraction of sp³-hybridized carbons (Fsp3) is 0.167. The Morgan fingerprint density at radius 3 is 2.51 bits per heavy atom. The van der Waals surface area contributed by atoms with E-state index in [4.69, 9.17) is 0 Å². The van der Waals surface area contributed by atoms with Gasteiger partial charge in [-0.2, -0.15) is 41.5 Å². The summed E-state index contributed by atoms with van der Waals surface area (Å²) in [6.07, 6.45) is -7.45. The van der Waals surface area contributed by atoms with Crippen molar-refractivity contribution in [3.63, 3.8) is 0 Å². The summed E-state index contributed by atoms with van der Waals surface area (Å²) in [5.41, 5.74) is -2.27. The van der Waals surface area contributed by atoms with E-state index in [2.05, 4.69) is 35.7 Å². The Morgan fingerprint density at radius 1 is 1.03 bits per heavy atom. The molecule has 15 heteroatoms. The van der Waals surface area contributed by atoms with Crippen LogP contribution in [0.1, 0.15) is 38.8 Å². The van der Waals surface area contributed by atoms with E-state index in [0.717, 1.165) is 23.5 Å². The summed E-state index contributed by atoms with van der Waals surface area (Å²) in [5, 5.41) is 27.9. The van der Waals surface area contributed by atoms with Crippen molar-refractivity contribution in [2.45, 2.75) is 25.8 Å². The minimum Gasteiger partial charge on any atom is -0.492 e. The van der Waals surface area contributed by atoms with Gasteiger partial charge in [-0.1, -0.05) is 23.5 Å². The van der Waals surface area contributed by atoms with E-state index in [1.165, 1.54) is 6.20 Å². The number of aromatic nitrogens is 6. The number of rotatable bonds is 6. The molecule has 0 amide bonds. The second-order valence-electron chi connectivity index (χ2n) is 8.39. The third-order valence-electron chi connectivity index (χ3n) is 5.63. The Hall–Kier alpha value is -4.40. The van der Waals surface area contributed by atoms with Gasteiger partial charge in [0.05, 0.1) is 29.4 Å². The van der Waals surface area contributed by atoms with Crippen LogP contribution in [0.3, 0.4) is 0 Å². The van der Waals surface area contributed by atoms with Gasteiger partial charge in [0.2, 0.25) is 5.88 Å². The highest BCUT2D eigenvalue weighted by Crippen LogP contribution is 2.42. The number of hydrogen-bond donors (Lipinski definition) is 4. The minimum absolute atomic E-state index is 0.0705. The average Bonchev–Trinajstić information content (AvgIpc) is 3.59. The molecule has 3 aromatic heterocycles. The number of benzene rings is 2. The lowest BCUT2D eigenvalue weighted by atomic mass is 9.96. The monoisotopic (exact) mass is 565 g/mol. The standard InChI is InChI=1S/C24H17F6N7OS/c1-11-33-19(37-35-11)10-31-22-34-21(38)20(39-22)16(12-3-5-18-14(6-12)9-32-36-18)7-13-2-4-15(23(25,26)27)8-17(13)24(28,29)30/h2-9,38H,10H2,1H3,(H,31,34)(H,32,36)(H,33,35,37). The molecular formula is C24H17F6N7OS. The predicted molar refractivity (Wildman–Crippen MR) is 132 cm³/mol. The lowest BCUT2D eigenvalue weighted by Gasteiger charge is -2.15. The molecule has 0 unspecified atom stereocenters. The summed E-state index contributed by atoms with van der Waals surface area (Å²) in [6, 6.07) is 6.27. The Morgan fingerprint density at radius 2 is 1.82 bits per heavy atom. The first-order valence-corrected chi connectivity index (χ1v) is 12.0. The van der Waals surface area contributed by atoms with E-state index in [0.29, 0.717) is 34.2 Å². The predicted octanol–water partition coefficient (Wildman–Crippen LogP) is 6.39. The maximum absolute atomic E-state index is 13.9. The number of nitrogens with one attached hydrogen (secondary N) is 3. The van der Waals surface area contributed by atoms with E-state index in [9.17, 15) is 31.4 Å². The fourth-order valence-electron chi connectivity index (χ4n) is 3.84. The zero-order chi connectivity index (χ0) is 27.9. The van der Waals surface area contributed by atoms with Crippen LogP contribution in [-0.4, -0.2) is 35.5 Å².